The summed E-state index contributed by atoms with van der Waals surface area (Å²) in [5.41, 5.74) is -0.765. The van der Waals surface area contributed by atoms with Crippen molar-refractivity contribution in [1.29, 1.82) is 0 Å². The van der Waals surface area contributed by atoms with E-state index in [1.54, 1.807) is 30.9 Å². The lowest BCUT2D eigenvalue weighted by molar-refractivity contribution is -0.149. The third-order valence-corrected chi connectivity index (χ3v) is 4.13. The summed E-state index contributed by atoms with van der Waals surface area (Å²) < 4.78 is 5.22. The molecule has 0 aromatic heterocycles. The van der Waals surface area contributed by atoms with Gasteiger partial charge in [-0.3, -0.25) is 9.59 Å². The molecule has 0 atom stereocenters. The Balaban J connectivity index is 2.10. The van der Waals surface area contributed by atoms with Crippen LogP contribution in [0, 0.1) is 5.41 Å². The maximum Gasteiger partial charge on any atom is 0.239 e. The van der Waals surface area contributed by atoms with Crippen LogP contribution in [0.3, 0.4) is 0 Å². The quantitative estimate of drug-likeness (QED) is 0.857. The number of rotatable bonds is 3. The molecule has 1 aliphatic heterocycles. The molecule has 1 heterocycles. The Morgan fingerprint density at radius 2 is 1.86 bits per heavy atom. The van der Waals surface area contributed by atoms with Crippen LogP contribution in [-0.2, 0) is 14.3 Å². The fraction of sp³-hybridized carbons (Fsp3) is 0.467. The predicted molar refractivity (Wildman–Crippen MR) is 86.3 cm³/mol. The van der Waals surface area contributed by atoms with E-state index in [0.29, 0.717) is 42.0 Å². The minimum Gasteiger partial charge on any atom is -0.378 e. The lowest BCUT2D eigenvalue weighted by atomic mass is 9.90. The molecule has 120 valence electrons. The second kappa shape index (κ2) is 6.86. The Hall–Kier alpha value is -1.30. The van der Waals surface area contributed by atoms with Gasteiger partial charge in [-0.25, -0.2) is 0 Å². The summed E-state index contributed by atoms with van der Waals surface area (Å²) in [4.78, 5) is 26.7. The smallest absolute Gasteiger partial charge is 0.239 e. The summed E-state index contributed by atoms with van der Waals surface area (Å²) in [5, 5.41) is 3.50. The number of hydrogen-bond acceptors (Lipinski definition) is 3. The van der Waals surface area contributed by atoms with Crippen LogP contribution in [0.1, 0.15) is 13.8 Å². The van der Waals surface area contributed by atoms with Crippen molar-refractivity contribution in [3.63, 3.8) is 0 Å². The molecule has 0 radical (unpaired) electrons. The second-order valence-electron chi connectivity index (χ2n) is 5.61. The van der Waals surface area contributed by atoms with Crippen LogP contribution in [0.25, 0.3) is 0 Å². The number of ether oxygens (including phenoxy) is 1. The van der Waals surface area contributed by atoms with Crippen molar-refractivity contribution in [2.24, 2.45) is 5.41 Å². The number of anilines is 1. The van der Waals surface area contributed by atoms with E-state index in [1.165, 1.54) is 6.07 Å². The van der Waals surface area contributed by atoms with Gasteiger partial charge in [0.05, 0.1) is 23.9 Å². The molecule has 0 aliphatic carbocycles. The van der Waals surface area contributed by atoms with Gasteiger partial charge in [-0.2, -0.15) is 0 Å². The molecular formula is C15H18Cl2N2O3. The zero-order chi connectivity index (χ0) is 16.3. The third-order valence-electron chi connectivity index (χ3n) is 3.58. The predicted octanol–water partition coefficient (Wildman–Crippen LogP) is 2.82. The molecule has 0 saturated carbocycles. The van der Waals surface area contributed by atoms with Gasteiger partial charge in [0.1, 0.15) is 5.41 Å². The molecule has 2 rings (SSSR count). The molecular weight excluding hydrogens is 327 g/mol. The van der Waals surface area contributed by atoms with E-state index < -0.39 is 11.3 Å². The van der Waals surface area contributed by atoms with E-state index in [-0.39, 0.29) is 5.91 Å². The van der Waals surface area contributed by atoms with E-state index in [9.17, 15) is 9.59 Å². The largest absolute Gasteiger partial charge is 0.378 e. The number of halogens is 2. The topological polar surface area (TPSA) is 58.6 Å². The molecule has 1 aliphatic rings. The normalized spacial score (nSPS) is 15.5. The summed E-state index contributed by atoms with van der Waals surface area (Å²) >= 11 is 11.9. The molecule has 1 aromatic carbocycles. The van der Waals surface area contributed by atoms with Gasteiger partial charge in [0, 0.05) is 18.1 Å². The maximum atomic E-state index is 12.5. The molecule has 1 fully saturated rings. The van der Waals surface area contributed by atoms with Crippen LogP contribution >= 0.6 is 23.2 Å². The van der Waals surface area contributed by atoms with Gasteiger partial charge in [-0.05, 0) is 32.0 Å². The summed E-state index contributed by atoms with van der Waals surface area (Å²) in [6, 6.07) is 4.77. The highest BCUT2D eigenvalue weighted by molar-refractivity contribution is 6.36. The zero-order valence-corrected chi connectivity index (χ0v) is 14.0. The summed E-state index contributed by atoms with van der Waals surface area (Å²) in [7, 11) is 0. The van der Waals surface area contributed by atoms with Crippen molar-refractivity contribution in [3.05, 3.63) is 28.2 Å². The number of carbonyl (C=O) groups excluding carboxylic acids is 2. The first-order valence-corrected chi connectivity index (χ1v) is 7.71. The average molecular weight is 345 g/mol. The van der Waals surface area contributed by atoms with E-state index in [4.69, 9.17) is 27.9 Å². The highest BCUT2D eigenvalue weighted by atomic mass is 35.5. The molecule has 5 nitrogen and oxygen atoms in total. The van der Waals surface area contributed by atoms with Gasteiger partial charge >= 0.3 is 0 Å². The van der Waals surface area contributed by atoms with Crippen LogP contribution in [0.2, 0.25) is 10.0 Å². The van der Waals surface area contributed by atoms with Crippen molar-refractivity contribution in [2.45, 2.75) is 13.8 Å². The minimum absolute atomic E-state index is 0.224. The fourth-order valence-corrected chi connectivity index (χ4v) is 2.58. The standard InChI is InChI=1S/C15H18Cl2N2O3/c1-15(2,14(21)19-5-7-22-8-6-19)13(20)18-12-4-3-10(16)9-11(12)17/h3-4,9H,5-8H2,1-2H3,(H,18,20). The maximum absolute atomic E-state index is 12.5. The Labute approximate surface area is 139 Å². The first-order valence-electron chi connectivity index (χ1n) is 6.96. The van der Waals surface area contributed by atoms with Crippen molar-refractivity contribution in [1.82, 2.24) is 4.90 Å². The number of amides is 2. The van der Waals surface area contributed by atoms with Gasteiger partial charge in [-0.1, -0.05) is 23.2 Å². The number of carbonyl (C=O) groups is 2. The highest BCUT2D eigenvalue weighted by Gasteiger charge is 2.39. The van der Waals surface area contributed by atoms with E-state index in [1.807, 2.05) is 0 Å². The SMILES string of the molecule is CC(C)(C(=O)Nc1ccc(Cl)cc1Cl)C(=O)N1CCOCC1. The molecule has 0 unspecified atom stereocenters. The summed E-state index contributed by atoms with van der Waals surface area (Å²) in [6.07, 6.45) is 0. The Kier molecular flexibility index (Phi) is 5.32. The first-order chi connectivity index (χ1) is 10.3. The van der Waals surface area contributed by atoms with E-state index >= 15 is 0 Å². The van der Waals surface area contributed by atoms with Crippen LogP contribution in [0.4, 0.5) is 5.69 Å². The lowest BCUT2D eigenvalue weighted by Gasteiger charge is -2.33. The van der Waals surface area contributed by atoms with Gasteiger partial charge in [0.25, 0.3) is 0 Å². The monoisotopic (exact) mass is 344 g/mol. The molecule has 1 saturated heterocycles. The second-order valence-corrected chi connectivity index (χ2v) is 6.45. The number of nitrogens with one attached hydrogen (secondary N) is 1. The first kappa shape index (κ1) is 17.1. The summed E-state index contributed by atoms with van der Waals surface area (Å²) in [6.45, 7) is 5.18. The molecule has 1 aromatic rings. The fourth-order valence-electron chi connectivity index (χ4n) is 2.13. The number of morpholine rings is 1. The molecule has 22 heavy (non-hydrogen) atoms. The lowest BCUT2D eigenvalue weighted by Crippen LogP contribution is -2.51. The molecule has 1 N–H and O–H groups in total. The summed E-state index contributed by atoms with van der Waals surface area (Å²) in [5.74, 6) is -0.633. The van der Waals surface area contributed by atoms with Crippen LogP contribution in [0.5, 0.6) is 0 Å². The molecule has 0 bridgehead atoms. The number of nitrogens with zero attached hydrogens (tertiary/aromatic N) is 1. The van der Waals surface area contributed by atoms with E-state index in [0.717, 1.165) is 0 Å². The van der Waals surface area contributed by atoms with Crippen LogP contribution in [-0.4, -0.2) is 43.0 Å². The minimum atomic E-state index is -1.19. The number of hydrogen-bond donors (Lipinski definition) is 1. The Morgan fingerprint density at radius 1 is 1.23 bits per heavy atom. The average Bonchev–Trinajstić information content (AvgIpc) is 2.50. The van der Waals surface area contributed by atoms with Gasteiger partial charge < -0.3 is 15.0 Å². The van der Waals surface area contributed by atoms with Gasteiger partial charge in [0.15, 0.2) is 0 Å². The molecule has 2 amide bonds. The zero-order valence-electron chi connectivity index (χ0n) is 12.5. The van der Waals surface area contributed by atoms with Crippen LogP contribution < -0.4 is 5.32 Å². The van der Waals surface area contributed by atoms with Gasteiger partial charge in [-0.15, -0.1) is 0 Å². The molecule has 0 spiro atoms. The highest BCUT2D eigenvalue weighted by Crippen LogP contribution is 2.28. The number of benzene rings is 1. The van der Waals surface area contributed by atoms with Crippen molar-refractivity contribution in [3.8, 4) is 0 Å². The van der Waals surface area contributed by atoms with Crippen molar-refractivity contribution in [2.75, 3.05) is 31.6 Å². The van der Waals surface area contributed by atoms with E-state index in [2.05, 4.69) is 5.32 Å². The molecule has 7 heteroatoms. The van der Waals surface area contributed by atoms with Crippen molar-refractivity contribution < 1.29 is 14.3 Å². The van der Waals surface area contributed by atoms with Crippen LogP contribution in [0.15, 0.2) is 18.2 Å². The van der Waals surface area contributed by atoms with Crippen molar-refractivity contribution >= 4 is 40.7 Å². The Bertz CT molecular complexity index is 584. The Morgan fingerprint density at radius 3 is 2.45 bits per heavy atom. The third kappa shape index (κ3) is 3.72. The van der Waals surface area contributed by atoms with Gasteiger partial charge in [0.2, 0.25) is 11.8 Å².